The van der Waals surface area contributed by atoms with Gasteiger partial charge in [0.25, 0.3) is 6.71 Å². The lowest BCUT2D eigenvalue weighted by Crippen LogP contribution is -2.59. The number of hydrogen-bond acceptors (Lipinski definition) is 4. The van der Waals surface area contributed by atoms with Crippen LogP contribution in [0.2, 0.25) is 0 Å². The summed E-state index contributed by atoms with van der Waals surface area (Å²) in [6.45, 7) is 23.4. The lowest BCUT2D eigenvalue weighted by atomic mass is 9.37. The van der Waals surface area contributed by atoms with E-state index in [0.29, 0.717) is 0 Å². The van der Waals surface area contributed by atoms with Gasteiger partial charge in [0, 0.05) is 32.2 Å². The molecule has 1 aliphatic carbocycles. The van der Waals surface area contributed by atoms with Crippen molar-refractivity contribution in [2.75, 3.05) is 4.90 Å². The van der Waals surface area contributed by atoms with Gasteiger partial charge in [0.15, 0.2) is 0 Å². The van der Waals surface area contributed by atoms with E-state index < -0.39 is 0 Å². The van der Waals surface area contributed by atoms with E-state index in [4.69, 9.17) is 9.72 Å². The highest BCUT2D eigenvalue weighted by atomic mass is 32.1. The van der Waals surface area contributed by atoms with Crippen molar-refractivity contribution in [2.24, 2.45) is 0 Å². The highest BCUT2D eigenvalue weighted by Crippen LogP contribution is 2.49. The molecule has 2 aromatic heterocycles. The zero-order chi connectivity index (χ0) is 32.6. The average molecular weight is 625 g/mol. The minimum Gasteiger partial charge on any atom is -0.458 e. The lowest BCUT2D eigenvalue weighted by molar-refractivity contribution is 0.330. The highest BCUT2D eigenvalue weighted by Gasteiger charge is 2.47. The van der Waals surface area contributed by atoms with Crippen LogP contribution in [0.3, 0.4) is 0 Å². The van der Waals surface area contributed by atoms with Crippen LogP contribution in [0.1, 0.15) is 104 Å². The van der Waals surface area contributed by atoms with Gasteiger partial charge in [-0.05, 0) is 98.6 Å². The molecule has 0 saturated carbocycles. The summed E-state index contributed by atoms with van der Waals surface area (Å²) in [5, 5.41) is 1.30. The maximum Gasteiger partial charge on any atom is 0.271 e. The van der Waals surface area contributed by atoms with Crippen molar-refractivity contribution in [2.45, 2.75) is 104 Å². The molecule has 0 fully saturated rings. The molecule has 3 aliphatic rings. The van der Waals surface area contributed by atoms with E-state index in [0.717, 1.165) is 23.0 Å². The first kappa shape index (κ1) is 29.8. The van der Waals surface area contributed by atoms with Crippen molar-refractivity contribution in [3.63, 3.8) is 0 Å². The normalized spacial score (nSPS) is 17.6. The average Bonchev–Trinajstić information content (AvgIpc) is 3.37. The van der Waals surface area contributed by atoms with Crippen LogP contribution in [-0.2, 0) is 21.7 Å². The second-order valence-electron chi connectivity index (χ2n) is 17.2. The Labute approximate surface area is 279 Å². The number of benzene rings is 3. The molecule has 0 bridgehead atoms. The summed E-state index contributed by atoms with van der Waals surface area (Å²) < 4.78 is 9.58. The number of nitrogens with zero attached hydrogens (tertiary/aromatic N) is 2. The predicted molar refractivity (Wildman–Crippen MR) is 198 cm³/mol. The number of rotatable bonds is 1. The van der Waals surface area contributed by atoms with Gasteiger partial charge in [0.2, 0.25) is 0 Å². The Kier molecular flexibility index (Phi) is 6.16. The van der Waals surface area contributed by atoms with Crippen LogP contribution >= 0.6 is 11.3 Å². The number of ether oxygens (including phenoxy) is 1. The van der Waals surface area contributed by atoms with Gasteiger partial charge in [-0.3, -0.25) is 4.90 Å². The molecular formula is C41H45BN2OS. The first-order valence-electron chi connectivity index (χ1n) is 16.9. The van der Waals surface area contributed by atoms with Crippen LogP contribution in [0.15, 0.2) is 66.9 Å². The molecule has 0 radical (unpaired) electrons. The van der Waals surface area contributed by atoms with Crippen molar-refractivity contribution in [3.8, 4) is 11.5 Å². The van der Waals surface area contributed by atoms with E-state index in [-0.39, 0.29) is 28.4 Å². The minimum atomic E-state index is 0.0446. The smallest absolute Gasteiger partial charge is 0.271 e. The Balaban J connectivity index is 1.43. The zero-order valence-electron chi connectivity index (χ0n) is 29.1. The van der Waals surface area contributed by atoms with Gasteiger partial charge < -0.3 is 4.74 Å². The van der Waals surface area contributed by atoms with E-state index in [1.54, 1.807) is 0 Å². The van der Waals surface area contributed by atoms with Gasteiger partial charge in [-0.2, -0.15) is 0 Å². The maximum atomic E-state index is 6.89. The fourth-order valence-electron chi connectivity index (χ4n) is 7.92. The first-order chi connectivity index (χ1) is 21.5. The third-order valence-corrected chi connectivity index (χ3v) is 12.2. The summed E-state index contributed by atoms with van der Waals surface area (Å²) >= 11 is 1.94. The van der Waals surface area contributed by atoms with Crippen LogP contribution in [-0.4, -0.2) is 11.7 Å². The van der Waals surface area contributed by atoms with Crippen molar-refractivity contribution in [3.05, 3.63) is 89.1 Å². The first-order valence-corrected chi connectivity index (χ1v) is 17.7. The van der Waals surface area contributed by atoms with Crippen molar-refractivity contribution < 1.29 is 4.74 Å². The lowest BCUT2D eigenvalue weighted by Gasteiger charge is -2.44. The summed E-state index contributed by atoms with van der Waals surface area (Å²) in [6.07, 6.45) is 4.29. The highest BCUT2D eigenvalue weighted by molar-refractivity contribution is 7.33. The molecule has 0 atom stereocenters. The molecule has 2 aliphatic heterocycles. The molecule has 0 N–H and O–H groups in total. The molecule has 8 rings (SSSR count). The van der Waals surface area contributed by atoms with E-state index in [1.807, 2.05) is 17.5 Å². The second-order valence-corrected chi connectivity index (χ2v) is 18.3. The topological polar surface area (TPSA) is 25.4 Å². The molecule has 3 nitrogen and oxygen atoms in total. The van der Waals surface area contributed by atoms with Crippen LogP contribution in [0.5, 0.6) is 11.5 Å². The van der Waals surface area contributed by atoms with Crippen LogP contribution < -0.4 is 25.3 Å². The molecule has 0 saturated heterocycles. The van der Waals surface area contributed by atoms with Crippen LogP contribution in [0.4, 0.5) is 17.2 Å². The molecule has 5 aromatic rings. The summed E-state index contributed by atoms with van der Waals surface area (Å²) in [6, 6.07) is 23.2. The van der Waals surface area contributed by atoms with Gasteiger partial charge in [-0.25, -0.2) is 4.98 Å². The number of pyridine rings is 1. The predicted octanol–water partition coefficient (Wildman–Crippen LogP) is 9.65. The molecular weight excluding hydrogens is 579 g/mol. The largest absolute Gasteiger partial charge is 0.458 e. The fourth-order valence-corrected chi connectivity index (χ4v) is 9.22. The fraction of sp³-hybridized carbons (Fsp3) is 0.390. The number of anilines is 3. The molecule has 0 amide bonds. The monoisotopic (exact) mass is 624 g/mol. The molecule has 3 aromatic carbocycles. The van der Waals surface area contributed by atoms with Crippen molar-refractivity contribution >= 4 is 61.0 Å². The quantitative estimate of drug-likeness (QED) is 0.170. The van der Waals surface area contributed by atoms with Crippen molar-refractivity contribution in [1.29, 1.82) is 0 Å². The third kappa shape index (κ3) is 4.34. The van der Waals surface area contributed by atoms with E-state index >= 15 is 0 Å². The SMILES string of the molecule is CC(C)(C)c1ccc(N2c3nccc4c3B(c3cc5c(cc3O4)C(C)(C)CCC5(C)C)c3sc4ccc(C(C)(C)C)cc4c32)cc1. The van der Waals surface area contributed by atoms with E-state index in [9.17, 15) is 0 Å². The van der Waals surface area contributed by atoms with Crippen LogP contribution in [0.25, 0.3) is 10.1 Å². The molecule has 5 heteroatoms. The Morgan fingerprint density at radius 3 is 2.04 bits per heavy atom. The van der Waals surface area contributed by atoms with Gasteiger partial charge in [0.1, 0.15) is 17.3 Å². The Hall–Kier alpha value is -3.57. The number of aromatic nitrogens is 1. The number of hydrogen-bond donors (Lipinski definition) is 0. The van der Waals surface area contributed by atoms with Gasteiger partial charge in [-0.15, -0.1) is 11.3 Å². The Morgan fingerprint density at radius 2 is 1.39 bits per heavy atom. The Morgan fingerprint density at radius 1 is 0.761 bits per heavy atom. The minimum absolute atomic E-state index is 0.0446. The van der Waals surface area contributed by atoms with E-state index in [2.05, 4.69) is 135 Å². The number of fused-ring (bicyclic) bond motifs is 7. The second kappa shape index (κ2) is 9.50. The molecule has 46 heavy (non-hydrogen) atoms. The van der Waals surface area contributed by atoms with Crippen molar-refractivity contribution in [1.82, 2.24) is 4.98 Å². The third-order valence-electron chi connectivity index (χ3n) is 11.0. The summed E-state index contributed by atoms with van der Waals surface area (Å²) in [5.41, 5.74) is 10.8. The maximum absolute atomic E-state index is 6.89. The van der Waals surface area contributed by atoms with Crippen LogP contribution in [0, 0.1) is 0 Å². The summed E-state index contributed by atoms with van der Waals surface area (Å²) in [7, 11) is 0. The number of thiophene rings is 1. The summed E-state index contributed by atoms with van der Waals surface area (Å²) in [5.74, 6) is 2.90. The van der Waals surface area contributed by atoms with E-state index in [1.165, 1.54) is 66.6 Å². The Bertz CT molecular complexity index is 2060. The molecule has 0 spiro atoms. The van der Waals surface area contributed by atoms with Gasteiger partial charge in [-0.1, -0.05) is 93.5 Å². The molecule has 234 valence electrons. The molecule has 4 heterocycles. The van der Waals surface area contributed by atoms with Gasteiger partial charge in [0.05, 0.1) is 5.69 Å². The summed E-state index contributed by atoms with van der Waals surface area (Å²) in [4.78, 5) is 7.58. The standard InChI is InChI=1S/C41H45BN2OS/c1-38(2,3)24-11-14-26(15-12-24)44-35-27-21-25(39(4,5)6)13-16-33(27)46-36(35)42-30-22-28-29(41(9,10)19-18-40(28,7)8)23-32(30)45-31-17-20-43-37(44)34(31)42/h11-17,20-23H,18-19H2,1-10H3. The molecule has 0 unspecified atom stereocenters. The van der Waals surface area contributed by atoms with Gasteiger partial charge >= 0.3 is 0 Å². The zero-order valence-corrected chi connectivity index (χ0v) is 29.9.